The molecule has 2 aromatic carbocycles. The van der Waals surface area contributed by atoms with Gasteiger partial charge in [0.2, 0.25) is 5.88 Å². The molecule has 2 atom stereocenters. The lowest BCUT2D eigenvalue weighted by Gasteiger charge is -2.27. The Balaban J connectivity index is 1.93. The molecule has 0 radical (unpaired) electrons. The largest absolute Gasteiger partial charge is 0.439 e. The summed E-state index contributed by atoms with van der Waals surface area (Å²) in [6.07, 6.45) is 3.88. The maximum absolute atomic E-state index is 13.7. The van der Waals surface area contributed by atoms with Gasteiger partial charge in [0.25, 0.3) is 5.91 Å². The van der Waals surface area contributed by atoms with Gasteiger partial charge in [-0.3, -0.25) is 4.79 Å². The number of amides is 1. The first-order valence-electron chi connectivity index (χ1n) is 11.9. The highest BCUT2D eigenvalue weighted by atomic mass is 35.5. The van der Waals surface area contributed by atoms with Crippen molar-refractivity contribution in [2.45, 2.75) is 45.6 Å². The smallest absolute Gasteiger partial charge is 0.274 e. The van der Waals surface area contributed by atoms with Crippen molar-refractivity contribution >= 4 is 40.7 Å². The second kappa shape index (κ2) is 11.2. The van der Waals surface area contributed by atoms with E-state index in [4.69, 9.17) is 50.4 Å². The normalized spacial score (nSPS) is 15.7. The number of halogens is 3. The molecule has 1 aromatic heterocycles. The van der Waals surface area contributed by atoms with E-state index in [1.54, 1.807) is 47.1 Å². The van der Waals surface area contributed by atoms with Crippen LogP contribution in [0.5, 0.6) is 11.6 Å². The first kappa shape index (κ1) is 25.8. The van der Waals surface area contributed by atoms with Crippen LogP contribution in [0.25, 0.3) is 5.69 Å². The van der Waals surface area contributed by atoms with E-state index in [2.05, 4.69) is 13.8 Å². The molecule has 2 unspecified atom stereocenters. The van der Waals surface area contributed by atoms with Crippen LogP contribution in [0.15, 0.2) is 42.5 Å². The van der Waals surface area contributed by atoms with Crippen LogP contribution in [0.2, 0.25) is 15.1 Å². The molecule has 1 fully saturated rings. The highest BCUT2D eigenvalue weighted by molar-refractivity contribution is 6.35. The van der Waals surface area contributed by atoms with Crippen molar-refractivity contribution in [3.63, 3.8) is 0 Å². The van der Waals surface area contributed by atoms with E-state index in [9.17, 15) is 4.79 Å². The number of benzene rings is 2. The molecular formula is C26H29Cl3N4O2. The molecule has 2 heterocycles. The number of hydrogen-bond donors (Lipinski definition) is 1. The summed E-state index contributed by atoms with van der Waals surface area (Å²) in [6, 6.07) is 11.6. The van der Waals surface area contributed by atoms with Gasteiger partial charge >= 0.3 is 0 Å². The molecule has 1 saturated heterocycles. The fourth-order valence-corrected chi connectivity index (χ4v) is 4.80. The second-order valence-corrected chi connectivity index (χ2v) is 10.2. The Kier molecular flexibility index (Phi) is 8.27. The lowest BCUT2D eigenvalue weighted by atomic mass is 9.92. The van der Waals surface area contributed by atoms with Crippen molar-refractivity contribution in [3.8, 4) is 17.3 Å². The van der Waals surface area contributed by atoms with Crippen molar-refractivity contribution in [3.05, 3.63) is 68.8 Å². The van der Waals surface area contributed by atoms with Crippen LogP contribution in [-0.2, 0) is 0 Å². The Hall–Kier alpha value is -2.25. The number of likely N-dealkylation sites (tertiary alicyclic amines) is 1. The maximum atomic E-state index is 13.7. The number of nitrogens with two attached hydrogens (primary N) is 1. The number of aromatic nitrogens is 2. The average Bonchev–Trinajstić information content (AvgIpc) is 3.23. The third-order valence-corrected chi connectivity index (χ3v) is 7.27. The minimum atomic E-state index is -0.481. The topological polar surface area (TPSA) is 73.4 Å². The summed E-state index contributed by atoms with van der Waals surface area (Å²) >= 11 is 18.8. The van der Waals surface area contributed by atoms with Crippen LogP contribution >= 0.6 is 34.8 Å². The van der Waals surface area contributed by atoms with Crippen LogP contribution in [-0.4, -0.2) is 33.7 Å². The molecule has 6 nitrogen and oxygen atoms in total. The molecule has 1 aliphatic rings. The van der Waals surface area contributed by atoms with Crippen molar-refractivity contribution < 1.29 is 9.53 Å². The van der Waals surface area contributed by atoms with Gasteiger partial charge in [-0.1, -0.05) is 55.1 Å². The Labute approximate surface area is 220 Å². The van der Waals surface area contributed by atoms with E-state index in [1.165, 1.54) is 0 Å². The standard InChI is InChI=1S/C26H29Cl3N4O2/c1-3-16(2)23(30)22-24(25(34)32-13-5-4-6-14-32)31-33(21-12-9-18(28)15-20(21)29)26(22)35-19-10-7-17(27)8-11-19/h7-12,15-16,23H,3-6,13-14,30H2,1-2H3. The summed E-state index contributed by atoms with van der Waals surface area (Å²) < 4.78 is 7.93. The third kappa shape index (κ3) is 5.61. The monoisotopic (exact) mass is 534 g/mol. The minimum Gasteiger partial charge on any atom is -0.439 e. The number of piperidine rings is 1. The molecule has 0 spiro atoms. The summed E-state index contributed by atoms with van der Waals surface area (Å²) in [5, 5.41) is 6.22. The van der Waals surface area contributed by atoms with E-state index < -0.39 is 6.04 Å². The zero-order valence-electron chi connectivity index (χ0n) is 19.8. The predicted octanol–water partition coefficient (Wildman–Crippen LogP) is 7.30. The molecule has 4 rings (SSSR count). The van der Waals surface area contributed by atoms with Gasteiger partial charge in [-0.2, -0.15) is 9.78 Å². The third-order valence-electron chi connectivity index (χ3n) is 6.48. The van der Waals surface area contributed by atoms with Crippen molar-refractivity contribution in [1.82, 2.24) is 14.7 Å². The van der Waals surface area contributed by atoms with E-state index in [0.717, 1.165) is 25.7 Å². The molecule has 1 amide bonds. The molecule has 0 aliphatic carbocycles. The zero-order chi connectivity index (χ0) is 25.1. The number of rotatable bonds is 7. The van der Waals surface area contributed by atoms with E-state index >= 15 is 0 Å². The molecule has 186 valence electrons. The lowest BCUT2D eigenvalue weighted by molar-refractivity contribution is 0.0715. The Morgan fingerprint density at radius 2 is 1.71 bits per heavy atom. The van der Waals surface area contributed by atoms with Gasteiger partial charge in [0, 0.05) is 29.2 Å². The molecule has 9 heteroatoms. The Morgan fingerprint density at radius 3 is 2.34 bits per heavy atom. The minimum absolute atomic E-state index is 0.0776. The van der Waals surface area contributed by atoms with Crippen molar-refractivity contribution in [2.75, 3.05) is 13.1 Å². The van der Waals surface area contributed by atoms with E-state index in [0.29, 0.717) is 51.0 Å². The van der Waals surface area contributed by atoms with Crippen molar-refractivity contribution in [2.24, 2.45) is 11.7 Å². The summed E-state index contributed by atoms with van der Waals surface area (Å²) in [6.45, 7) is 5.51. The van der Waals surface area contributed by atoms with Gasteiger partial charge in [-0.05, 0) is 67.6 Å². The number of ether oxygens (including phenoxy) is 1. The fourth-order valence-electron chi connectivity index (χ4n) is 4.19. The molecule has 0 saturated carbocycles. The number of nitrogens with zero attached hydrogens (tertiary/aromatic N) is 3. The summed E-state index contributed by atoms with van der Waals surface area (Å²) in [4.78, 5) is 15.6. The van der Waals surface area contributed by atoms with Gasteiger partial charge in [-0.25, -0.2) is 0 Å². The lowest BCUT2D eigenvalue weighted by Crippen LogP contribution is -2.37. The fraction of sp³-hybridized carbons (Fsp3) is 0.385. The predicted molar refractivity (Wildman–Crippen MR) is 141 cm³/mol. The molecule has 1 aliphatic heterocycles. The van der Waals surface area contributed by atoms with E-state index in [-0.39, 0.29) is 17.5 Å². The molecule has 3 aromatic rings. The van der Waals surface area contributed by atoms with Crippen LogP contribution in [0.1, 0.15) is 61.6 Å². The summed E-state index contributed by atoms with van der Waals surface area (Å²) in [5.41, 5.74) is 8.16. The molecule has 2 N–H and O–H groups in total. The number of carbonyl (C=O) groups is 1. The maximum Gasteiger partial charge on any atom is 0.274 e. The van der Waals surface area contributed by atoms with Crippen molar-refractivity contribution in [1.29, 1.82) is 0 Å². The number of carbonyl (C=O) groups excluding carboxylic acids is 1. The average molecular weight is 536 g/mol. The summed E-state index contributed by atoms with van der Waals surface area (Å²) in [7, 11) is 0. The Morgan fingerprint density at radius 1 is 1.06 bits per heavy atom. The quantitative estimate of drug-likeness (QED) is 0.344. The molecule has 0 bridgehead atoms. The van der Waals surface area contributed by atoms with Crippen LogP contribution in [0.4, 0.5) is 0 Å². The van der Waals surface area contributed by atoms with Gasteiger partial charge in [0.1, 0.15) is 5.75 Å². The molecule has 35 heavy (non-hydrogen) atoms. The second-order valence-electron chi connectivity index (χ2n) is 8.90. The van der Waals surface area contributed by atoms with Gasteiger partial charge in [0.05, 0.1) is 16.3 Å². The summed E-state index contributed by atoms with van der Waals surface area (Å²) in [5.74, 6) is 0.817. The SMILES string of the molecule is CCC(C)C(N)c1c(C(=O)N2CCCCC2)nn(-c2ccc(Cl)cc2Cl)c1Oc1ccc(Cl)cc1. The zero-order valence-corrected chi connectivity index (χ0v) is 22.1. The highest BCUT2D eigenvalue weighted by Gasteiger charge is 2.34. The first-order chi connectivity index (χ1) is 16.8. The van der Waals surface area contributed by atoms with Crippen LogP contribution < -0.4 is 10.5 Å². The van der Waals surface area contributed by atoms with Gasteiger partial charge in [-0.15, -0.1) is 0 Å². The van der Waals surface area contributed by atoms with Crippen LogP contribution in [0, 0.1) is 5.92 Å². The van der Waals surface area contributed by atoms with E-state index in [1.807, 2.05) is 4.90 Å². The highest BCUT2D eigenvalue weighted by Crippen LogP contribution is 2.39. The van der Waals surface area contributed by atoms with Crippen LogP contribution in [0.3, 0.4) is 0 Å². The molecular weight excluding hydrogens is 507 g/mol. The number of hydrogen-bond acceptors (Lipinski definition) is 4. The first-order valence-corrected chi connectivity index (χ1v) is 13.0. The Bertz CT molecular complexity index is 1190. The van der Waals surface area contributed by atoms with Gasteiger partial charge < -0.3 is 15.4 Å². The van der Waals surface area contributed by atoms with Gasteiger partial charge in [0.15, 0.2) is 5.69 Å².